The molecular weight excluding hydrogens is 266 g/mol. The van der Waals surface area contributed by atoms with Crippen LogP contribution in [0.5, 0.6) is 0 Å². The van der Waals surface area contributed by atoms with Crippen LogP contribution in [0.15, 0.2) is 5.38 Å². The molecular formula is C12H19N3O3S. The molecule has 6 nitrogen and oxygen atoms in total. The Kier molecular flexibility index (Phi) is 5.71. The SMILES string of the molecule is COCCNC(=O)c1csc(CN2CCOCC2)n1. The highest BCUT2D eigenvalue weighted by atomic mass is 32.1. The van der Waals surface area contributed by atoms with Crippen LogP contribution < -0.4 is 5.32 Å². The molecule has 106 valence electrons. The van der Waals surface area contributed by atoms with E-state index in [1.807, 2.05) is 0 Å². The fraction of sp³-hybridized carbons (Fsp3) is 0.667. The fourth-order valence-corrected chi connectivity index (χ4v) is 2.61. The molecule has 0 aliphatic carbocycles. The molecule has 2 rings (SSSR count). The summed E-state index contributed by atoms with van der Waals surface area (Å²) in [5.41, 5.74) is 0.490. The first-order valence-corrected chi connectivity index (χ1v) is 7.19. The van der Waals surface area contributed by atoms with Crippen molar-refractivity contribution < 1.29 is 14.3 Å². The highest BCUT2D eigenvalue weighted by Gasteiger charge is 2.15. The van der Waals surface area contributed by atoms with Crippen molar-refractivity contribution in [2.45, 2.75) is 6.54 Å². The number of hydrogen-bond acceptors (Lipinski definition) is 6. The molecule has 0 unspecified atom stereocenters. The summed E-state index contributed by atoms with van der Waals surface area (Å²) in [4.78, 5) is 18.4. The molecule has 0 spiro atoms. The van der Waals surface area contributed by atoms with Gasteiger partial charge < -0.3 is 14.8 Å². The number of ether oxygens (including phenoxy) is 2. The van der Waals surface area contributed by atoms with Crippen molar-refractivity contribution in [3.63, 3.8) is 0 Å². The molecule has 1 fully saturated rings. The van der Waals surface area contributed by atoms with E-state index in [0.29, 0.717) is 18.8 Å². The molecule has 1 aliphatic rings. The van der Waals surface area contributed by atoms with E-state index in [9.17, 15) is 4.79 Å². The van der Waals surface area contributed by atoms with Gasteiger partial charge in [0.15, 0.2) is 0 Å². The van der Waals surface area contributed by atoms with Gasteiger partial charge in [0.2, 0.25) is 0 Å². The molecule has 19 heavy (non-hydrogen) atoms. The normalized spacial score (nSPS) is 16.5. The Morgan fingerprint density at radius 1 is 1.58 bits per heavy atom. The molecule has 0 aromatic carbocycles. The molecule has 0 radical (unpaired) electrons. The fourth-order valence-electron chi connectivity index (χ4n) is 1.80. The third-order valence-electron chi connectivity index (χ3n) is 2.84. The Morgan fingerprint density at radius 3 is 3.11 bits per heavy atom. The van der Waals surface area contributed by atoms with E-state index < -0.39 is 0 Å². The predicted octanol–water partition coefficient (Wildman–Crippen LogP) is 0.352. The van der Waals surface area contributed by atoms with Crippen LogP contribution in [0.2, 0.25) is 0 Å². The lowest BCUT2D eigenvalue weighted by atomic mass is 10.4. The molecule has 0 saturated carbocycles. The van der Waals surface area contributed by atoms with E-state index >= 15 is 0 Å². The molecule has 0 bridgehead atoms. The van der Waals surface area contributed by atoms with Crippen molar-refractivity contribution in [3.05, 3.63) is 16.1 Å². The Labute approximate surface area is 116 Å². The molecule has 0 atom stereocenters. The summed E-state index contributed by atoms with van der Waals surface area (Å²) >= 11 is 1.53. The summed E-state index contributed by atoms with van der Waals surface area (Å²) in [6, 6.07) is 0. The van der Waals surface area contributed by atoms with E-state index in [-0.39, 0.29) is 5.91 Å². The van der Waals surface area contributed by atoms with Crippen molar-refractivity contribution in [2.75, 3.05) is 46.6 Å². The lowest BCUT2D eigenvalue weighted by molar-refractivity contribution is 0.0341. The van der Waals surface area contributed by atoms with E-state index in [2.05, 4.69) is 15.2 Å². The van der Waals surface area contributed by atoms with Crippen LogP contribution >= 0.6 is 11.3 Å². The van der Waals surface area contributed by atoms with E-state index in [4.69, 9.17) is 9.47 Å². The number of hydrogen-bond donors (Lipinski definition) is 1. The zero-order valence-corrected chi connectivity index (χ0v) is 11.9. The second-order valence-electron chi connectivity index (χ2n) is 4.26. The lowest BCUT2D eigenvalue weighted by Crippen LogP contribution is -2.35. The van der Waals surface area contributed by atoms with Crippen LogP contribution in [0.1, 0.15) is 15.5 Å². The minimum atomic E-state index is -0.137. The number of thiazole rings is 1. The number of aromatic nitrogens is 1. The zero-order valence-electron chi connectivity index (χ0n) is 11.1. The molecule has 1 aliphatic heterocycles. The summed E-state index contributed by atoms with van der Waals surface area (Å²) in [6.45, 7) is 5.21. The van der Waals surface area contributed by atoms with Gasteiger partial charge in [-0.05, 0) is 0 Å². The Balaban J connectivity index is 1.82. The van der Waals surface area contributed by atoms with Crippen LogP contribution in [0.4, 0.5) is 0 Å². The van der Waals surface area contributed by atoms with Crippen LogP contribution in [-0.4, -0.2) is 62.4 Å². The molecule has 1 saturated heterocycles. The maximum atomic E-state index is 11.8. The Hall–Kier alpha value is -1.02. The standard InChI is InChI=1S/C12H19N3O3S/c1-17-5-2-13-12(16)10-9-19-11(14-10)8-15-3-6-18-7-4-15/h9H,2-8H2,1H3,(H,13,16). The van der Waals surface area contributed by atoms with Gasteiger partial charge in [0.25, 0.3) is 5.91 Å². The van der Waals surface area contributed by atoms with Crippen molar-refractivity contribution in [1.29, 1.82) is 0 Å². The first-order chi connectivity index (χ1) is 9.29. The van der Waals surface area contributed by atoms with Gasteiger partial charge in [-0.2, -0.15) is 0 Å². The maximum absolute atomic E-state index is 11.8. The minimum absolute atomic E-state index is 0.137. The van der Waals surface area contributed by atoms with Crippen molar-refractivity contribution in [3.8, 4) is 0 Å². The number of carbonyl (C=O) groups excluding carboxylic acids is 1. The van der Waals surface area contributed by atoms with Crippen molar-refractivity contribution >= 4 is 17.2 Å². The third kappa shape index (κ3) is 4.54. The van der Waals surface area contributed by atoms with Gasteiger partial charge in [-0.1, -0.05) is 0 Å². The van der Waals surface area contributed by atoms with Crippen LogP contribution in [-0.2, 0) is 16.0 Å². The first-order valence-electron chi connectivity index (χ1n) is 6.31. The number of carbonyl (C=O) groups is 1. The number of morpholine rings is 1. The summed E-state index contributed by atoms with van der Waals surface area (Å²) in [5.74, 6) is -0.137. The largest absolute Gasteiger partial charge is 0.383 e. The van der Waals surface area contributed by atoms with E-state index in [0.717, 1.165) is 37.9 Å². The third-order valence-corrected chi connectivity index (χ3v) is 3.67. The number of nitrogens with zero attached hydrogens (tertiary/aromatic N) is 2. The van der Waals surface area contributed by atoms with E-state index in [1.54, 1.807) is 12.5 Å². The lowest BCUT2D eigenvalue weighted by Gasteiger charge is -2.25. The van der Waals surface area contributed by atoms with Crippen molar-refractivity contribution in [1.82, 2.24) is 15.2 Å². The van der Waals surface area contributed by atoms with Crippen LogP contribution in [0, 0.1) is 0 Å². The van der Waals surface area contributed by atoms with Crippen molar-refractivity contribution in [2.24, 2.45) is 0 Å². The highest BCUT2D eigenvalue weighted by molar-refractivity contribution is 7.09. The monoisotopic (exact) mass is 285 g/mol. The average Bonchev–Trinajstić information content (AvgIpc) is 2.89. The topological polar surface area (TPSA) is 63.7 Å². The predicted molar refractivity (Wildman–Crippen MR) is 72.4 cm³/mol. The minimum Gasteiger partial charge on any atom is -0.383 e. The van der Waals surface area contributed by atoms with Gasteiger partial charge in [-0.3, -0.25) is 9.69 Å². The van der Waals surface area contributed by atoms with Gasteiger partial charge >= 0.3 is 0 Å². The Morgan fingerprint density at radius 2 is 2.37 bits per heavy atom. The second-order valence-corrected chi connectivity index (χ2v) is 5.21. The summed E-state index contributed by atoms with van der Waals surface area (Å²) in [5, 5.41) is 5.54. The van der Waals surface area contributed by atoms with Gasteiger partial charge in [0.05, 0.1) is 26.4 Å². The summed E-state index contributed by atoms with van der Waals surface area (Å²) in [6.07, 6.45) is 0. The van der Waals surface area contributed by atoms with Gasteiger partial charge in [0.1, 0.15) is 10.7 Å². The molecule has 7 heteroatoms. The number of rotatable bonds is 6. The van der Waals surface area contributed by atoms with E-state index in [1.165, 1.54) is 11.3 Å². The maximum Gasteiger partial charge on any atom is 0.270 e. The number of nitrogens with one attached hydrogen (secondary N) is 1. The zero-order chi connectivity index (χ0) is 13.5. The number of methoxy groups -OCH3 is 1. The van der Waals surface area contributed by atoms with Gasteiger partial charge in [0, 0.05) is 32.1 Å². The molecule has 2 heterocycles. The smallest absolute Gasteiger partial charge is 0.270 e. The second kappa shape index (κ2) is 7.54. The molecule has 1 aromatic heterocycles. The molecule has 1 N–H and O–H groups in total. The summed E-state index contributed by atoms with van der Waals surface area (Å²) < 4.78 is 10.2. The average molecular weight is 285 g/mol. The molecule has 1 amide bonds. The quantitative estimate of drug-likeness (QED) is 0.764. The first kappa shape index (κ1) is 14.4. The number of amides is 1. The van der Waals surface area contributed by atoms with Gasteiger partial charge in [-0.15, -0.1) is 11.3 Å². The highest BCUT2D eigenvalue weighted by Crippen LogP contribution is 2.13. The Bertz CT molecular complexity index is 405. The van der Waals surface area contributed by atoms with Crippen LogP contribution in [0.25, 0.3) is 0 Å². The molecule has 1 aromatic rings. The van der Waals surface area contributed by atoms with Crippen LogP contribution in [0.3, 0.4) is 0 Å². The summed E-state index contributed by atoms with van der Waals surface area (Å²) in [7, 11) is 1.61. The van der Waals surface area contributed by atoms with Gasteiger partial charge in [-0.25, -0.2) is 4.98 Å².